The monoisotopic (exact) mass is 246 g/mol. The molecule has 0 rings (SSSR count). The van der Waals surface area contributed by atoms with Crippen molar-refractivity contribution in [3.05, 3.63) is 0 Å². The molecule has 5 heteroatoms. The molecule has 0 aromatic rings. The van der Waals surface area contributed by atoms with Gasteiger partial charge in [-0.15, -0.1) is 0 Å². The highest BCUT2D eigenvalue weighted by Crippen LogP contribution is 2.13. The first-order valence-electron chi connectivity index (χ1n) is 5.99. The van der Waals surface area contributed by atoms with Crippen LogP contribution in [0, 0.1) is 5.92 Å². The third kappa shape index (κ3) is 7.07. The molecule has 0 saturated heterocycles. The Balaban J connectivity index is 4.35. The van der Waals surface area contributed by atoms with Crippen molar-refractivity contribution >= 4 is 11.8 Å². The third-order valence-electron chi connectivity index (χ3n) is 2.23. The second-order valence-corrected chi connectivity index (χ2v) is 3.91. The van der Waals surface area contributed by atoms with Gasteiger partial charge in [0.2, 0.25) is 0 Å². The molecule has 0 aromatic heterocycles. The molecule has 0 aromatic carbocycles. The molecule has 0 amide bonds. The summed E-state index contributed by atoms with van der Waals surface area (Å²) in [6.45, 7) is 6.18. The van der Waals surface area contributed by atoms with Crippen molar-refractivity contribution in [3.63, 3.8) is 0 Å². The van der Waals surface area contributed by atoms with Crippen LogP contribution in [0.3, 0.4) is 0 Å². The highest BCUT2D eigenvalue weighted by molar-refractivity contribution is 5.96. The van der Waals surface area contributed by atoms with Gasteiger partial charge in [0, 0.05) is 19.6 Å². The Morgan fingerprint density at radius 2 is 1.59 bits per heavy atom. The number of carboxylic acid groups (broad SMARTS) is 1. The minimum absolute atomic E-state index is 0.0741. The first-order valence-corrected chi connectivity index (χ1v) is 5.99. The van der Waals surface area contributed by atoms with Gasteiger partial charge in [-0.05, 0) is 19.8 Å². The predicted molar refractivity (Wildman–Crippen MR) is 62.7 cm³/mol. The number of Topliss-reactive ketones (excluding diaryl/α,β-unsaturated/α-hetero) is 1. The number of hydrogen-bond acceptors (Lipinski definition) is 4. The van der Waals surface area contributed by atoms with Crippen LogP contribution >= 0.6 is 0 Å². The first kappa shape index (κ1) is 16.1. The van der Waals surface area contributed by atoms with Gasteiger partial charge in [0.1, 0.15) is 11.7 Å². The van der Waals surface area contributed by atoms with E-state index in [0.717, 1.165) is 12.8 Å². The summed E-state index contributed by atoms with van der Waals surface area (Å²) in [6.07, 6.45) is 1.11. The quantitative estimate of drug-likeness (QED) is 0.470. The maximum atomic E-state index is 11.2. The Kier molecular flexibility index (Phi) is 8.62. The number of carbonyl (C=O) groups is 2. The lowest BCUT2D eigenvalue weighted by molar-refractivity contribution is -0.167. The largest absolute Gasteiger partial charge is 0.481 e. The highest BCUT2D eigenvalue weighted by atomic mass is 16.7. The van der Waals surface area contributed by atoms with Gasteiger partial charge in [0.15, 0.2) is 6.29 Å². The van der Waals surface area contributed by atoms with Crippen molar-refractivity contribution in [2.75, 3.05) is 13.2 Å². The Morgan fingerprint density at radius 3 is 1.88 bits per heavy atom. The van der Waals surface area contributed by atoms with Crippen LogP contribution in [0.1, 0.15) is 40.0 Å². The van der Waals surface area contributed by atoms with Crippen molar-refractivity contribution in [3.8, 4) is 0 Å². The number of rotatable bonds is 10. The van der Waals surface area contributed by atoms with Crippen molar-refractivity contribution in [1.82, 2.24) is 0 Å². The topological polar surface area (TPSA) is 72.8 Å². The summed E-state index contributed by atoms with van der Waals surface area (Å²) in [4.78, 5) is 22.1. The van der Waals surface area contributed by atoms with E-state index in [0.29, 0.717) is 13.2 Å². The number of aliphatic carboxylic acids is 1. The molecule has 5 nitrogen and oxygen atoms in total. The van der Waals surface area contributed by atoms with Gasteiger partial charge in [0.05, 0.1) is 0 Å². The second kappa shape index (κ2) is 9.13. The molecular formula is C12H22O5. The maximum absolute atomic E-state index is 11.2. The molecule has 0 aliphatic rings. The molecule has 17 heavy (non-hydrogen) atoms. The van der Waals surface area contributed by atoms with Crippen LogP contribution < -0.4 is 0 Å². The zero-order valence-corrected chi connectivity index (χ0v) is 10.8. The lowest BCUT2D eigenvalue weighted by Crippen LogP contribution is -2.30. The van der Waals surface area contributed by atoms with Crippen molar-refractivity contribution < 1.29 is 24.2 Å². The van der Waals surface area contributed by atoms with Gasteiger partial charge < -0.3 is 14.6 Å². The molecule has 0 aliphatic heterocycles. The molecular weight excluding hydrogens is 224 g/mol. The van der Waals surface area contributed by atoms with Crippen LogP contribution in [0.4, 0.5) is 0 Å². The summed E-state index contributed by atoms with van der Waals surface area (Å²) in [7, 11) is 0. The van der Waals surface area contributed by atoms with Crippen molar-refractivity contribution in [2.45, 2.75) is 46.3 Å². The average Bonchev–Trinajstić information content (AvgIpc) is 2.27. The smallest absolute Gasteiger partial charge is 0.314 e. The van der Waals surface area contributed by atoms with E-state index in [1.165, 1.54) is 6.92 Å². The predicted octanol–water partition coefficient (Wildman–Crippen LogP) is 1.85. The van der Waals surface area contributed by atoms with E-state index in [9.17, 15) is 9.59 Å². The van der Waals surface area contributed by atoms with Gasteiger partial charge in [-0.1, -0.05) is 13.8 Å². The molecule has 1 atom stereocenters. The maximum Gasteiger partial charge on any atom is 0.314 e. The van der Waals surface area contributed by atoms with E-state index >= 15 is 0 Å². The first-order chi connectivity index (χ1) is 8.02. The molecule has 0 fully saturated rings. The molecule has 0 bridgehead atoms. The Morgan fingerprint density at radius 1 is 1.12 bits per heavy atom. The van der Waals surface area contributed by atoms with Crippen LogP contribution in [0.15, 0.2) is 0 Å². The summed E-state index contributed by atoms with van der Waals surface area (Å²) in [5.41, 5.74) is 0. The summed E-state index contributed by atoms with van der Waals surface area (Å²) in [6, 6.07) is 0. The van der Waals surface area contributed by atoms with Gasteiger partial charge in [-0.25, -0.2) is 0 Å². The number of hydrogen-bond donors (Lipinski definition) is 1. The average molecular weight is 246 g/mol. The minimum Gasteiger partial charge on any atom is -0.481 e. The number of carbonyl (C=O) groups excluding carboxylic acids is 1. The standard InChI is InChI=1S/C12H22O5/c1-4-6-16-11(17-7-5-2)8-10(9(3)13)12(14)15/h10-11H,4-8H2,1-3H3,(H,14,15). The van der Waals surface area contributed by atoms with Gasteiger partial charge in [-0.2, -0.15) is 0 Å². The summed E-state index contributed by atoms with van der Waals surface area (Å²) in [5, 5.41) is 8.91. The normalized spacial score (nSPS) is 12.7. The molecule has 0 radical (unpaired) electrons. The highest BCUT2D eigenvalue weighted by Gasteiger charge is 2.27. The zero-order valence-electron chi connectivity index (χ0n) is 10.8. The lowest BCUT2D eigenvalue weighted by atomic mass is 10.0. The Bertz CT molecular complexity index is 217. The Labute approximate surface area is 102 Å². The summed E-state index contributed by atoms with van der Waals surface area (Å²) >= 11 is 0. The molecule has 1 N–H and O–H groups in total. The second-order valence-electron chi connectivity index (χ2n) is 3.91. The van der Waals surface area contributed by atoms with Gasteiger partial charge in [-0.3, -0.25) is 9.59 Å². The van der Waals surface area contributed by atoms with E-state index in [-0.39, 0.29) is 12.2 Å². The van der Waals surface area contributed by atoms with E-state index < -0.39 is 18.2 Å². The fourth-order valence-corrected chi connectivity index (χ4v) is 1.32. The molecule has 0 aliphatic carbocycles. The lowest BCUT2D eigenvalue weighted by Gasteiger charge is -2.20. The van der Waals surface area contributed by atoms with E-state index in [4.69, 9.17) is 14.6 Å². The minimum atomic E-state index is -1.12. The van der Waals surface area contributed by atoms with Crippen molar-refractivity contribution in [1.29, 1.82) is 0 Å². The van der Waals surface area contributed by atoms with Crippen LogP contribution in [-0.4, -0.2) is 36.4 Å². The van der Waals surface area contributed by atoms with E-state index in [2.05, 4.69) is 0 Å². The third-order valence-corrected chi connectivity index (χ3v) is 2.23. The molecule has 1 unspecified atom stereocenters. The Hall–Kier alpha value is -0.940. The van der Waals surface area contributed by atoms with E-state index in [1.807, 2.05) is 13.8 Å². The molecule has 0 saturated carbocycles. The van der Waals surface area contributed by atoms with Gasteiger partial charge >= 0.3 is 5.97 Å². The summed E-state index contributed by atoms with van der Waals surface area (Å²) < 4.78 is 10.8. The molecule has 0 spiro atoms. The SMILES string of the molecule is CCCOC(CC(C(C)=O)C(=O)O)OCCC. The fraction of sp³-hybridized carbons (Fsp3) is 0.833. The molecule has 100 valence electrons. The van der Waals surface area contributed by atoms with Crippen molar-refractivity contribution in [2.24, 2.45) is 5.92 Å². The van der Waals surface area contributed by atoms with Crippen LogP contribution in [0.25, 0.3) is 0 Å². The number of ketones is 1. The van der Waals surface area contributed by atoms with Crippen LogP contribution in [-0.2, 0) is 19.1 Å². The van der Waals surface area contributed by atoms with Crippen LogP contribution in [0.2, 0.25) is 0 Å². The number of carboxylic acids is 1. The fourth-order valence-electron chi connectivity index (χ4n) is 1.32. The molecule has 0 heterocycles. The van der Waals surface area contributed by atoms with Gasteiger partial charge in [0.25, 0.3) is 0 Å². The van der Waals surface area contributed by atoms with Crippen LogP contribution in [0.5, 0.6) is 0 Å². The van der Waals surface area contributed by atoms with E-state index in [1.54, 1.807) is 0 Å². The number of ether oxygens (including phenoxy) is 2. The zero-order chi connectivity index (χ0) is 13.3. The summed E-state index contributed by atoms with van der Waals surface area (Å²) in [5.74, 6) is -2.54.